The van der Waals surface area contributed by atoms with E-state index in [9.17, 15) is 0 Å². The summed E-state index contributed by atoms with van der Waals surface area (Å²) >= 11 is 4.29. The molecule has 3 heteroatoms. The molecule has 2 rings (SSSR count). The molecule has 1 aliphatic rings. The average Bonchev–Trinajstić information content (AvgIpc) is 2.34. The molecule has 0 aromatic carbocycles. The molecule has 10 heavy (non-hydrogen) atoms. The lowest BCUT2D eigenvalue weighted by Crippen LogP contribution is -2.10. The molecule has 0 atom stereocenters. The molecule has 0 amide bonds. The summed E-state index contributed by atoms with van der Waals surface area (Å²) in [5.74, 6) is 1.20. The largest absolute Gasteiger partial charge is 0.323 e. The van der Waals surface area contributed by atoms with Gasteiger partial charge in [-0.25, -0.2) is 4.98 Å². The van der Waals surface area contributed by atoms with E-state index in [-0.39, 0.29) is 0 Å². The number of fused-ring (bicyclic) bond motifs is 1. The van der Waals surface area contributed by atoms with Crippen LogP contribution in [0.4, 0.5) is 0 Å². The van der Waals surface area contributed by atoms with Gasteiger partial charge in [-0.3, -0.25) is 0 Å². The van der Waals surface area contributed by atoms with Gasteiger partial charge in [0.25, 0.3) is 0 Å². The first kappa shape index (κ1) is 6.28. The summed E-state index contributed by atoms with van der Waals surface area (Å²) in [6, 6.07) is 0. The molecule has 0 saturated heterocycles. The van der Waals surface area contributed by atoms with Crippen molar-refractivity contribution < 1.29 is 0 Å². The van der Waals surface area contributed by atoms with Crippen LogP contribution in [0.2, 0.25) is 0 Å². The molecule has 1 aromatic rings. The summed E-state index contributed by atoms with van der Waals surface area (Å²) in [7, 11) is 0. The first-order chi connectivity index (χ1) is 4.88. The van der Waals surface area contributed by atoms with Crippen molar-refractivity contribution in [1.29, 1.82) is 0 Å². The number of imidazole rings is 1. The van der Waals surface area contributed by atoms with Gasteiger partial charge in [-0.15, -0.1) is 12.6 Å². The Hall–Kier alpha value is -0.440. The van der Waals surface area contributed by atoms with Crippen molar-refractivity contribution >= 4 is 12.6 Å². The molecule has 0 radical (unpaired) electrons. The zero-order valence-electron chi connectivity index (χ0n) is 5.75. The first-order valence-electron chi connectivity index (χ1n) is 3.61. The maximum Gasteiger partial charge on any atom is 0.109 e. The van der Waals surface area contributed by atoms with Crippen LogP contribution < -0.4 is 0 Å². The van der Waals surface area contributed by atoms with Gasteiger partial charge >= 0.3 is 0 Å². The highest BCUT2D eigenvalue weighted by Crippen LogP contribution is 2.17. The van der Waals surface area contributed by atoms with Crippen molar-refractivity contribution in [1.82, 2.24) is 9.55 Å². The third-order valence-electron chi connectivity index (χ3n) is 1.95. The topological polar surface area (TPSA) is 17.8 Å². The lowest BCUT2D eigenvalue weighted by atomic mass is 10.2. The molecule has 0 saturated carbocycles. The summed E-state index contributed by atoms with van der Waals surface area (Å²) < 4.78 is 2.19. The van der Waals surface area contributed by atoms with E-state index in [1.807, 2.05) is 6.20 Å². The van der Waals surface area contributed by atoms with Crippen molar-refractivity contribution in [3.05, 3.63) is 12.0 Å². The number of hydrogen-bond donors (Lipinski definition) is 1. The van der Waals surface area contributed by atoms with Gasteiger partial charge in [0, 0.05) is 13.0 Å². The second-order valence-corrected chi connectivity index (χ2v) is 3.10. The summed E-state index contributed by atoms with van der Waals surface area (Å²) in [6.45, 7) is 1.11. The summed E-state index contributed by atoms with van der Waals surface area (Å²) in [5, 5.41) is 1.01. The van der Waals surface area contributed by atoms with E-state index in [0.29, 0.717) is 0 Å². The van der Waals surface area contributed by atoms with E-state index < -0.39 is 0 Å². The van der Waals surface area contributed by atoms with Gasteiger partial charge in [0.05, 0.1) is 11.2 Å². The summed E-state index contributed by atoms with van der Waals surface area (Å²) in [5.41, 5.74) is 0. The average molecular weight is 154 g/mol. The fourth-order valence-corrected chi connectivity index (χ4v) is 1.67. The molecular formula is C7H10N2S. The Bertz CT molecular complexity index is 242. The molecule has 0 N–H and O–H groups in total. The molecule has 0 fully saturated rings. The molecule has 0 spiro atoms. The third-order valence-corrected chi connectivity index (χ3v) is 2.31. The highest BCUT2D eigenvalue weighted by Gasteiger charge is 2.10. The van der Waals surface area contributed by atoms with Gasteiger partial charge in [-0.2, -0.15) is 0 Å². The first-order valence-corrected chi connectivity index (χ1v) is 4.06. The van der Waals surface area contributed by atoms with Gasteiger partial charge in [-0.05, 0) is 12.8 Å². The normalized spacial score (nSPS) is 16.9. The Balaban J connectivity index is 2.45. The Morgan fingerprint density at radius 2 is 2.40 bits per heavy atom. The number of hydrogen-bond acceptors (Lipinski definition) is 2. The SMILES string of the molecule is Sc1cnc2n1CCCC2. The Labute approximate surface area is 65.7 Å². The van der Waals surface area contributed by atoms with Crippen LogP contribution in [0.5, 0.6) is 0 Å². The maximum atomic E-state index is 4.29. The van der Waals surface area contributed by atoms with E-state index >= 15 is 0 Å². The Kier molecular flexibility index (Phi) is 1.45. The molecule has 0 bridgehead atoms. The fourth-order valence-electron chi connectivity index (χ4n) is 1.40. The minimum Gasteiger partial charge on any atom is -0.323 e. The molecule has 2 heterocycles. The molecule has 1 aliphatic heterocycles. The van der Waals surface area contributed by atoms with Crippen LogP contribution in [-0.4, -0.2) is 9.55 Å². The molecule has 2 nitrogen and oxygen atoms in total. The Morgan fingerprint density at radius 3 is 3.20 bits per heavy atom. The monoisotopic (exact) mass is 154 g/mol. The molecular weight excluding hydrogens is 144 g/mol. The number of aryl methyl sites for hydroxylation is 1. The summed E-state index contributed by atoms with van der Waals surface area (Å²) in [6.07, 6.45) is 5.52. The third kappa shape index (κ3) is 0.850. The molecule has 0 aliphatic carbocycles. The molecule has 0 unspecified atom stereocenters. The highest BCUT2D eigenvalue weighted by molar-refractivity contribution is 7.80. The van der Waals surface area contributed by atoms with E-state index in [0.717, 1.165) is 18.0 Å². The van der Waals surface area contributed by atoms with Crippen LogP contribution in [0.3, 0.4) is 0 Å². The minimum atomic E-state index is 1.01. The standard InChI is InChI=1S/C7H10N2S/c10-7-5-8-6-3-1-2-4-9(6)7/h5,10H,1-4H2. The van der Waals surface area contributed by atoms with Gasteiger partial charge in [0.15, 0.2) is 0 Å². The number of thiol groups is 1. The van der Waals surface area contributed by atoms with Crippen molar-refractivity contribution in [2.24, 2.45) is 0 Å². The molecule has 54 valence electrons. The number of rotatable bonds is 0. The zero-order valence-corrected chi connectivity index (χ0v) is 6.64. The number of aromatic nitrogens is 2. The predicted molar refractivity (Wildman–Crippen MR) is 42.4 cm³/mol. The van der Waals surface area contributed by atoms with Crippen molar-refractivity contribution in [3.8, 4) is 0 Å². The van der Waals surface area contributed by atoms with Gasteiger partial charge in [0.1, 0.15) is 5.82 Å². The van der Waals surface area contributed by atoms with E-state index in [1.54, 1.807) is 0 Å². The lowest BCUT2D eigenvalue weighted by molar-refractivity contribution is 0.498. The van der Waals surface area contributed by atoms with Crippen molar-refractivity contribution in [3.63, 3.8) is 0 Å². The minimum absolute atomic E-state index is 1.01. The summed E-state index contributed by atoms with van der Waals surface area (Å²) in [4.78, 5) is 4.24. The van der Waals surface area contributed by atoms with Crippen LogP contribution in [-0.2, 0) is 13.0 Å². The molecule has 1 aromatic heterocycles. The lowest BCUT2D eigenvalue weighted by Gasteiger charge is -2.13. The smallest absolute Gasteiger partial charge is 0.109 e. The zero-order chi connectivity index (χ0) is 6.97. The van der Waals surface area contributed by atoms with Gasteiger partial charge in [0.2, 0.25) is 0 Å². The maximum absolute atomic E-state index is 4.29. The van der Waals surface area contributed by atoms with E-state index in [1.165, 1.54) is 18.7 Å². The van der Waals surface area contributed by atoms with Gasteiger partial charge in [-0.1, -0.05) is 0 Å². The van der Waals surface area contributed by atoms with Gasteiger partial charge < -0.3 is 4.57 Å². The second kappa shape index (κ2) is 2.31. The van der Waals surface area contributed by atoms with Crippen molar-refractivity contribution in [2.45, 2.75) is 30.8 Å². The van der Waals surface area contributed by atoms with E-state index in [4.69, 9.17) is 0 Å². The second-order valence-electron chi connectivity index (χ2n) is 2.64. The fraction of sp³-hybridized carbons (Fsp3) is 0.571. The van der Waals surface area contributed by atoms with Crippen LogP contribution in [0.25, 0.3) is 0 Å². The highest BCUT2D eigenvalue weighted by atomic mass is 32.1. The van der Waals surface area contributed by atoms with Crippen molar-refractivity contribution in [2.75, 3.05) is 0 Å². The van der Waals surface area contributed by atoms with E-state index in [2.05, 4.69) is 22.2 Å². The van der Waals surface area contributed by atoms with Crippen LogP contribution >= 0.6 is 12.6 Å². The number of nitrogens with zero attached hydrogens (tertiary/aromatic N) is 2. The predicted octanol–water partition coefficient (Wildman–Crippen LogP) is 1.51. The van der Waals surface area contributed by atoms with Crippen LogP contribution in [0, 0.1) is 0 Å². The van der Waals surface area contributed by atoms with Crippen LogP contribution in [0.15, 0.2) is 11.2 Å². The Morgan fingerprint density at radius 1 is 1.50 bits per heavy atom. The quantitative estimate of drug-likeness (QED) is 0.561. The van der Waals surface area contributed by atoms with Crippen LogP contribution in [0.1, 0.15) is 18.7 Å².